The fourth-order valence-electron chi connectivity index (χ4n) is 3.16. The molecule has 0 amide bonds. The summed E-state index contributed by atoms with van der Waals surface area (Å²) < 4.78 is 0. The summed E-state index contributed by atoms with van der Waals surface area (Å²) in [6.07, 6.45) is 3.59. The van der Waals surface area contributed by atoms with Crippen LogP contribution in [0.25, 0.3) is 0 Å². The van der Waals surface area contributed by atoms with E-state index in [1.807, 2.05) is 0 Å². The Hall–Kier alpha value is -1.60. The molecule has 0 radical (unpaired) electrons. The van der Waals surface area contributed by atoms with Crippen molar-refractivity contribution in [2.75, 3.05) is 6.54 Å². The molecule has 1 aliphatic rings. The van der Waals surface area contributed by atoms with Gasteiger partial charge in [-0.25, -0.2) is 0 Å². The van der Waals surface area contributed by atoms with E-state index >= 15 is 0 Å². The predicted octanol–water partition coefficient (Wildman–Crippen LogP) is 3.94. The predicted molar refractivity (Wildman–Crippen MR) is 85.1 cm³/mol. The summed E-state index contributed by atoms with van der Waals surface area (Å²) >= 11 is 0. The first-order valence-corrected chi connectivity index (χ1v) is 7.68. The Morgan fingerprint density at radius 1 is 0.950 bits per heavy atom. The number of hydrogen-bond donors (Lipinski definition) is 1. The van der Waals surface area contributed by atoms with Crippen molar-refractivity contribution in [3.63, 3.8) is 0 Å². The molecular formula is C19H23N. The molecule has 0 heterocycles. The van der Waals surface area contributed by atoms with Gasteiger partial charge in [-0.2, -0.15) is 0 Å². The minimum absolute atomic E-state index is 0.632. The lowest BCUT2D eigenvalue weighted by Gasteiger charge is -2.15. The fourth-order valence-corrected chi connectivity index (χ4v) is 3.16. The van der Waals surface area contributed by atoms with Crippen molar-refractivity contribution in [2.45, 2.75) is 38.1 Å². The zero-order valence-electron chi connectivity index (χ0n) is 12.2. The monoisotopic (exact) mass is 265 g/mol. The molecule has 1 N–H and O–H groups in total. The lowest BCUT2D eigenvalue weighted by molar-refractivity contribution is 0.504. The van der Waals surface area contributed by atoms with Crippen LogP contribution in [0.15, 0.2) is 54.6 Å². The summed E-state index contributed by atoms with van der Waals surface area (Å²) in [5.41, 5.74) is 4.51. The zero-order valence-corrected chi connectivity index (χ0v) is 12.2. The number of hydrogen-bond acceptors (Lipinski definition) is 1. The van der Waals surface area contributed by atoms with Gasteiger partial charge in [-0.3, -0.25) is 0 Å². The van der Waals surface area contributed by atoms with Crippen LogP contribution >= 0.6 is 0 Å². The Bertz CT molecular complexity index is 522. The largest absolute Gasteiger partial charge is 0.313 e. The molecule has 1 atom stereocenters. The quantitative estimate of drug-likeness (QED) is 0.863. The molecule has 1 heteroatoms. The molecule has 0 saturated carbocycles. The van der Waals surface area contributed by atoms with Crippen LogP contribution < -0.4 is 5.32 Å². The van der Waals surface area contributed by atoms with Crippen LogP contribution in [-0.4, -0.2) is 12.6 Å². The van der Waals surface area contributed by atoms with Crippen molar-refractivity contribution in [3.05, 3.63) is 71.3 Å². The average molecular weight is 265 g/mol. The summed E-state index contributed by atoms with van der Waals surface area (Å²) in [5.74, 6) is 0.632. The Kier molecular flexibility index (Phi) is 4.17. The third-order valence-corrected chi connectivity index (χ3v) is 4.43. The van der Waals surface area contributed by atoms with Gasteiger partial charge in [0.25, 0.3) is 0 Å². The summed E-state index contributed by atoms with van der Waals surface area (Å²) in [4.78, 5) is 0. The van der Waals surface area contributed by atoms with Crippen molar-refractivity contribution in [3.8, 4) is 0 Å². The minimum atomic E-state index is 0.632. The second kappa shape index (κ2) is 6.23. The second-order valence-corrected chi connectivity index (χ2v) is 5.93. The highest BCUT2D eigenvalue weighted by atomic mass is 14.9. The third-order valence-electron chi connectivity index (χ3n) is 4.43. The van der Waals surface area contributed by atoms with Crippen molar-refractivity contribution in [2.24, 2.45) is 0 Å². The lowest BCUT2D eigenvalue weighted by atomic mass is 9.98. The van der Waals surface area contributed by atoms with Gasteiger partial charge in [0.1, 0.15) is 0 Å². The van der Waals surface area contributed by atoms with Crippen LogP contribution in [0.2, 0.25) is 0 Å². The molecular weight excluding hydrogens is 242 g/mol. The van der Waals surface area contributed by atoms with E-state index in [1.165, 1.54) is 36.0 Å². The van der Waals surface area contributed by atoms with Crippen molar-refractivity contribution in [1.82, 2.24) is 5.32 Å². The van der Waals surface area contributed by atoms with Crippen LogP contribution in [-0.2, 0) is 12.8 Å². The molecule has 0 saturated heterocycles. The summed E-state index contributed by atoms with van der Waals surface area (Å²) in [7, 11) is 0. The van der Waals surface area contributed by atoms with Crippen LogP contribution in [0.1, 0.15) is 36.0 Å². The van der Waals surface area contributed by atoms with E-state index in [2.05, 4.69) is 66.8 Å². The minimum Gasteiger partial charge on any atom is -0.313 e. The fraction of sp³-hybridized carbons (Fsp3) is 0.368. The molecule has 104 valence electrons. The maximum Gasteiger partial charge on any atom is 0.0148 e. The van der Waals surface area contributed by atoms with E-state index in [4.69, 9.17) is 0 Å². The van der Waals surface area contributed by atoms with Gasteiger partial charge < -0.3 is 5.32 Å². The standard InChI is InChI=1S/C19H23N/c1-15(16-7-3-2-4-8-16)11-12-20-19-13-17-9-5-6-10-18(17)14-19/h2-10,15,19-20H,11-14H2,1H3. The highest BCUT2D eigenvalue weighted by Crippen LogP contribution is 2.22. The lowest BCUT2D eigenvalue weighted by Crippen LogP contribution is -2.30. The van der Waals surface area contributed by atoms with E-state index in [1.54, 1.807) is 0 Å². The summed E-state index contributed by atoms with van der Waals surface area (Å²) in [5, 5.41) is 3.73. The molecule has 0 aromatic heterocycles. The Morgan fingerprint density at radius 2 is 1.55 bits per heavy atom. The molecule has 3 rings (SSSR count). The Morgan fingerprint density at radius 3 is 2.20 bits per heavy atom. The van der Waals surface area contributed by atoms with Crippen LogP contribution in [0, 0.1) is 0 Å². The van der Waals surface area contributed by atoms with Crippen molar-refractivity contribution < 1.29 is 0 Å². The van der Waals surface area contributed by atoms with E-state index in [9.17, 15) is 0 Å². The molecule has 0 aliphatic heterocycles. The van der Waals surface area contributed by atoms with Crippen LogP contribution in [0.3, 0.4) is 0 Å². The molecule has 1 nitrogen and oxygen atoms in total. The number of rotatable bonds is 5. The van der Waals surface area contributed by atoms with E-state index in [0.717, 1.165) is 6.54 Å². The maximum atomic E-state index is 3.73. The maximum absolute atomic E-state index is 3.73. The van der Waals surface area contributed by atoms with Gasteiger partial charge in [-0.05, 0) is 48.4 Å². The van der Waals surface area contributed by atoms with Gasteiger partial charge in [0.2, 0.25) is 0 Å². The highest BCUT2D eigenvalue weighted by molar-refractivity contribution is 5.33. The molecule has 2 aromatic carbocycles. The first-order chi connectivity index (χ1) is 9.83. The van der Waals surface area contributed by atoms with Gasteiger partial charge in [0, 0.05) is 6.04 Å². The van der Waals surface area contributed by atoms with Crippen LogP contribution in [0.4, 0.5) is 0 Å². The van der Waals surface area contributed by atoms with Crippen LogP contribution in [0.5, 0.6) is 0 Å². The van der Waals surface area contributed by atoms with Crippen molar-refractivity contribution in [1.29, 1.82) is 0 Å². The highest BCUT2D eigenvalue weighted by Gasteiger charge is 2.20. The van der Waals surface area contributed by atoms with Gasteiger partial charge >= 0.3 is 0 Å². The van der Waals surface area contributed by atoms with Gasteiger partial charge in [-0.1, -0.05) is 61.5 Å². The zero-order chi connectivity index (χ0) is 13.8. The average Bonchev–Trinajstić information content (AvgIpc) is 2.90. The summed E-state index contributed by atoms with van der Waals surface area (Å²) in [6.45, 7) is 3.43. The first kappa shape index (κ1) is 13.4. The second-order valence-electron chi connectivity index (χ2n) is 5.93. The van der Waals surface area contributed by atoms with Crippen molar-refractivity contribution >= 4 is 0 Å². The van der Waals surface area contributed by atoms with Gasteiger partial charge in [0.05, 0.1) is 0 Å². The van der Waals surface area contributed by atoms with Gasteiger partial charge in [-0.15, -0.1) is 0 Å². The number of nitrogens with one attached hydrogen (secondary N) is 1. The van der Waals surface area contributed by atoms with E-state index in [0.29, 0.717) is 12.0 Å². The molecule has 0 bridgehead atoms. The number of fused-ring (bicyclic) bond motifs is 1. The first-order valence-electron chi connectivity index (χ1n) is 7.68. The van der Waals surface area contributed by atoms with Gasteiger partial charge in [0.15, 0.2) is 0 Å². The number of benzene rings is 2. The SMILES string of the molecule is CC(CCNC1Cc2ccccc2C1)c1ccccc1. The molecule has 2 aromatic rings. The normalized spacial score (nSPS) is 16.1. The Labute approximate surface area is 122 Å². The summed E-state index contributed by atoms with van der Waals surface area (Å²) in [6, 6.07) is 20.3. The van der Waals surface area contributed by atoms with E-state index in [-0.39, 0.29) is 0 Å². The molecule has 1 unspecified atom stereocenters. The molecule has 0 spiro atoms. The molecule has 1 aliphatic carbocycles. The topological polar surface area (TPSA) is 12.0 Å². The Balaban J connectivity index is 1.46. The molecule has 20 heavy (non-hydrogen) atoms. The smallest absolute Gasteiger partial charge is 0.0148 e. The molecule has 0 fully saturated rings. The third kappa shape index (κ3) is 3.10. The van der Waals surface area contributed by atoms with E-state index < -0.39 is 0 Å².